The first kappa shape index (κ1) is 78.2. The van der Waals surface area contributed by atoms with Crippen molar-refractivity contribution in [2.24, 2.45) is 0 Å². The van der Waals surface area contributed by atoms with Crippen LogP contribution in [0.2, 0.25) is 10.2 Å². The highest BCUT2D eigenvalue weighted by Crippen LogP contribution is 2.41. The summed E-state index contributed by atoms with van der Waals surface area (Å²) in [7, 11) is -11.8. The van der Waals surface area contributed by atoms with Gasteiger partial charge in [0.05, 0.1) is 53.4 Å². The van der Waals surface area contributed by atoms with Crippen LogP contribution < -0.4 is 19.7 Å². The molecular formula is C79H68Cl2F3N9O14S3. The highest BCUT2D eigenvalue weighted by Gasteiger charge is 2.40. The minimum absolute atomic E-state index is 0.0558. The van der Waals surface area contributed by atoms with Gasteiger partial charge in [-0.2, -0.15) is 0 Å². The Morgan fingerprint density at radius 2 is 1.11 bits per heavy atom. The van der Waals surface area contributed by atoms with Gasteiger partial charge in [0.1, 0.15) is 39.7 Å². The summed E-state index contributed by atoms with van der Waals surface area (Å²) in [6.45, 7) is 5.35. The van der Waals surface area contributed by atoms with Crippen molar-refractivity contribution >= 4 is 143 Å². The highest BCUT2D eigenvalue weighted by atomic mass is 35.5. The number of hydrogen-bond donors (Lipinski definition) is 4. The van der Waals surface area contributed by atoms with Crippen molar-refractivity contribution in [2.45, 2.75) is 90.6 Å². The Hall–Kier alpha value is -11.4. The number of H-pyrrole nitrogens is 1. The van der Waals surface area contributed by atoms with Crippen LogP contribution in [-0.2, 0) is 78.6 Å². The first-order chi connectivity index (χ1) is 52.3. The number of fused-ring (bicyclic) bond motifs is 4. The van der Waals surface area contributed by atoms with Gasteiger partial charge in [-0.05, 0) is 139 Å². The normalized spacial score (nSPS) is 13.7. The van der Waals surface area contributed by atoms with E-state index in [1.54, 1.807) is 54.0 Å². The van der Waals surface area contributed by atoms with Crippen LogP contribution in [0.15, 0.2) is 175 Å². The lowest BCUT2D eigenvalue weighted by atomic mass is 9.92. The minimum Gasteiger partial charge on any atom is -0.331 e. The lowest BCUT2D eigenvalue weighted by Gasteiger charge is -2.15. The number of benzene rings is 6. The number of amides is 3. The van der Waals surface area contributed by atoms with Gasteiger partial charge in [0.2, 0.25) is 30.1 Å². The average molecular weight is 1590 g/mol. The molecule has 3 amide bonds. The van der Waals surface area contributed by atoms with Crippen LogP contribution >= 0.6 is 23.2 Å². The minimum atomic E-state index is -4.00. The van der Waals surface area contributed by atoms with Crippen LogP contribution in [-0.4, -0.2) is 101 Å². The maximum absolute atomic E-state index is 15.0. The van der Waals surface area contributed by atoms with E-state index in [0.29, 0.717) is 80.7 Å². The van der Waals surface area contributed by atoms with Crippen LogP contribution in [0, 0.1) is 27.6 Å². The Kier molecular flexibility index (Phi) is 22.5. The number of aromatic amines is 1. The molecule has 14 rings (SSSR count). The molecule has 4 N–H and O–H groups in total. The number of nitro benzene ring substituents is 1. The fourth-order valence-corrected chi connectivity index (χ4v) is 15.9. The molecule has 0 saturated heterocycles. The van der Waals surface area contributed by atoms with E-state index in [4.69, 9.17) is 23.2 Å². The second-order valence-corrected chi connectivity index (χ2v) is 32.5. The van der Waals surface area contributed by atoms with Crippen molar-refractivity contribution in [3.63, 3.8) is 0 Å². The van der Waals surface area contributed by atoms with Gasteiger partial charge in [-0.15, -0.1) is 0 Å². The summed E-state index contributed by atoms with van der Waals surface area (Å²) in [5, 5.41) is 13.6. The third-order valence-corrected chi connectivity index (χ3v) is 22.3. The Morgan fingerprint density at radius 3 is 1.65 bits per heavy atom. The van der Waals surface area contributed by atoms with Crippen molar-refractivity contribution < 1.29 is 67.3 Å². The van der Waals surface area contributed by atoms with Crippen molar-refractivity contribution in [2.75, 3.05) is 12.5 Å². The van der Waals surface area contributed by atoms with Gasteiger partial charge in [-0.25, -0.2) is 57.6 Å². The largest absolute Gasteiger partial charge is 0.331 e. The first-order valence-electron chi connectivity index (χ1n) is 34.4. The number of non-ortho nitro benzene ring substituents is 1. The summed E-state index contributed by atoms with van der Waals surface area (Å²) in [6.07, 6.45) is 16.0. The summed E-state index contributed by atoms with van der Waals surface area (Å²) >= 11 is 12.9. The van der Waals surface area contributed by atoms with E-state index in [2.05, 4.69) is 19.4 Å². The van der Waals surface area contributed by atoms with E-state index in [1.807, 2.05) is 79.2 Å². The van der Waals surface area contributed by atoms with Crippen molar-refractivity contribution in [3.8, 4) is 11.1 Å². The maximum atomic E-state index is 15.0. The molecule has 0 spiro atoms. The molecule has 0 unspecified atom stereocenters. The third kappa shape index (κ3) is 16.6. The molecule has 0 aliphatic heterocycles. The van der Waals surface area contributed by atoms with E-state index in [-0.39, 0.29) is 104 Å². The lowest BCUT2D eigenvalue weighted by molar-refractivity contribution is -0.384. The molecule has 3 aliphatic rings. The number of aromatic nitrogens is 5. The second kappa shape index (κ2) is 31.7. The number of allylic oxidation sites excluding steroid dienone is 8. The third-order valence-electron chi connectivity index (χ3n) is 18.7. The molecule has 0 bridgehead atoms. The Bertz CT molecular complexity index is 6300. The van der Waals surface area contributed by atoms with Crippen LogP contribution in [0.1, 0.15) is 122 Å². The topological polar surface area (TPSA) is 328 Å². The molecule has 0 radical (unpaired) electrons. The molecule has 31 heteroatoms. The Balaban J connectivity index is 0.000000154. The van der Waals surface area contributed by atoms with Gasteiger partial charge in [-0.1, -0.05) is 111 Å². The molecule has 1 saturated carbocycles. The zero-order valence-electron chi connectivity index (χ0n) is 59.4. The average Bonchev–Trinajstić information content (AvgIpc) is 1.60. The number of carbonyl (C=O) groups is 5. The smallest absolute Gasteiger partial charge is 0.282 e. The van der Waals surface area contributed by atoms with Crippen molar-refractivity contribution in [1.82, 2.24) is 37.8 Å². The molecule has 1 fully saturated rings. The molecular weight excluding hydrogens is 1520 g/mol. The Labute approximate surface area is 638 Å². The van der Waals surface area contributed by atoms with Gasteiger partial charge in [0, 0.05) is 113 Å². The number of ketones is 2. The molecule has 11 aromatic rings. The van der Waals surface area contributed by atoms with Crippen molar-refractivity contribution in [3.05, 3.63) is 280 Å². The maximum Gasteiger partial charge on any atom is 0.282 e. The van der Waals surface area contributed by atoms with Gasteiger partial charge in [0.25, 0.3) is 29.0 Å². The van der Waals surface area contributed by atoms with Crippen LogP contribution in [0.4, 0.5) is 18.9 Å². The number of sulfonamides is 3. The van der Waals surface area contributed by atoms with E-state index >= 15 is 0 Å². The lowest BCUT2D eigenvalue weighted by Crippen LogP contribution is -2.35. The van der Waals surface area contributed by atoms with Gasteiger partial charge < -0.3 is 18.7 Å². The standard InChI is InChI=1S/C28H24ClN3O4S.C27H23F3N2O4S.C24H21ClN4O6S/c1-3-17-12-13-23-21(14-17)25(20-9-5-7-11-24(20)33)26(28(34)31-37(2,35)36)32(23)16-19-15-18-8-4-6-10-22(18)30-27(19)29;1-2-15-12-20-23(13-22(15)30)32(14-16-11-17(28)7-10-21(16)29)26(25(20)19-5-3-4-6-24(19)33)27(34)31-37(35,36)18-8-9-18;1-3-14-6-9-20-18(11-14)21(17-5-4-10-26-23(17)30)22(24(31)27-36(2,34)35)28(20)13-15-12-16(29(32)33)7-8-19(15)25/h4-10,12-15H,3,11,16H2,1-2H3,(H,31,34);3-5,7,10-13,18H,2,6,8-9,14H2,1H3,(H,31,34);4-12H,3,13H2,1-2H3,(H,26,30)(H,27,31). The molecule has 23 nitrogen and oxygen atoms in total. The fraction of sp³-hybridized carbons (Fsp3) is 0.203. The number of halogens is 5. The molecule has 566 valence electrons. The SMILES string of the molecule is CCc1cc2c(C3=CC=CCC3=O)c(C(=O)NS(=O)(=O)C3CC3)n(Cc3cc(F)ccc3F)c2cc1F.CCc1ccc2c(c1)c(-c1ccc[nH]c1=O)c(C(=O)NS(C)(=O)=O)n2Cc1cc([N+](=O)[O-])ccc1Cl.CCc1ccc2c(c1)c(C1=CC=CCC1=O)c(C(=O)NS(C)(=O)=O)n2Cc1cc2ccccc2nc1Cl. The van der Waals surface area contributed by atoms with E-state index in [9.17, 15) is 77.3 Å². The number of para-hydroxylation sites is 1. The van der Waals surface area contributed by atoms with Crippen molar-refractivity contribution in [1.29, 1.82) is 0 Å². The molecule has 6 aromatic carbocycles. The van der Waals surface area contributed by atoms with E-state index in [0.717, 1.165) is 59.2 Å². The molecule has 5 aromatic heterocycles. The molecule has 0 atom stereocenters. The van der Waals surface area contributed by atoms with E-state index < -0.39 is 87.5 Å². The molecule has 3 aliphatic carbocycles. The predicted octanol–water partition coefficient (Wildman–Crippen LogP) is 13.7. The number of Topliss-reactive ketones (excluding diaryl/α,β-unsaturated/α-hetero) is 2. The quantitative estimate of drug-likeness (QED) is 0.0313. The number of nitrogens with zero attached hydrogens (tertiary/aromatic N) is 5. The summed E-state index contributed by atoms with van der Waals surface area (Å²) in [5.74, 6) is -5.33. The summed E-state index contributed by atoms with van der Waals surface area (Å²) in [4.78, 5) is 97.2. The number of nitro groups is 1. The summed E-state index contributed by atoms with van der Waals surface area (Å²) in [5.41, 5.74) is 5.72. The molecule has 110 heavy (non-hydrogen) atoms. The summed E-state index contributed by atoms with van der Waals surface area (Å²) < 4.78 is 128. The number of rotatable bonds is 20. The van der Waals surface area contributed by atoms with Crippen LogP contribution in [0.25, 0.3) is 65.9 Å². The van der Waals surface area contributed by atoms with Crippen LogP contribution in [0.5, 0.6) is 0 Å². The van der Waals surface area contributed by atoms with Gasteiger partial charge in [0.15, 0.2) is 11.6 Å². The zero-order chi connectivity index (χ0) is 79.0. The monoisotopic (exact) mass is 1590 g/mol. The highest BCUT2D eigenvalue weighted by molar-refractivity contribution is 7.91. The fourth-order valence-electron chi connectivity index (χ4n) is 13.4. The number of aryl methyl sites for hydroxylation is 3. The molecule has 5 heterocycles. The number of hydrogen-bond acceptors (Lipinski definition) is 15. The van der Waals surface area contributed by atoms with Gasteiger partial charge >= 0.3 is 0 Å². The number of pyridine rings is 2. The van der Waals surface area contributed by atoms with Crippen LogP contribution in [0.3, 0.4) is 0 Å². The summed E-state index contributed by atoms with van der Waals surface area (Å²) in [6, 6.07) is 33.3. The number of carbonyl (C=O) groups excluding carboxylic acids is 5. The Morgan fingerprint density at radius 1 is 0.573 bits per heavy atom. The number of nitrogens with one attached hydrogen (secondary N) is 4. The van der Waals surface area contributed by atoms with Gasteiger partial charge in [-0.3, -0.25) is 38.9 Å². The van der Waals surface area contributed by atoms with E-state index in [1.165, 1.54) is 57.8 Å². The second-order valence-electron chi connectivity index (χ2n) is 26.3. The predicted molar refractivity (Wildman–Crippen MR) is 416 cm³/mol. The first-order valence-corrected chi connectivity index (χ1v) is 40.5. The zero-order valence-corrected chi connectivity index (χ0v) is 63.3.